The number of amides is 1. The minimum absolute atomic E-state index is 0.0611. The van der Waals surface area contributed by atoms with Crippen molar-refractivity contribution in [2.75, 3.05) is 13.1 Å². The molecule has 2 unspecified atom stereocenters. The minimum atomic E-state index is -0.0611. The van der Waals surface area contributed by atoms with E-state index < -0.39 is 0 Å². The fourth-order valence-electron chi connectivity index (χ4n) is 0.700. The summed E-state index contributed by atoms with van der Waals surface area (Å²) in [5.41, 5.74) is 5.35. The molecule has 0 saturated carbocycles. The zero-order valence-electron chi connectivity index (χ0n) is 8.26. The Kier molecular flexibility index (Phi) is 5.72. The Morgan fingerprint density at radius 1 is 1.50 bits per heavy atom. The average molecular weight is 172 g/mol. The molecule has 12 heavy (non-hydrogen) atoms. The Bertz CT molecular complexity index is 136. The van der Waals surface area contributed by atoms with E-state index in [0.717, 1.165) is 13.0 Å². The van der Waals surface area contributed by atoms with Crippen LogP contribution in [0.15, 0.2) is 0 Å². The number of hydrogen-bond acceptors (Lipinski definition) is 2. The van der Waals surface area contributed by atoms with Crippen molar-refractivity contribution in [3.05, 3.63) is 0 Å². The zero-order valence-corrected chi connectivity index (χ0v) is 8.26. The molecule has 0 bridgehead atoms. The Labute approximate surface area is 74.7 Å². The van der Waals surface area contributed by atoms with Crippen molar-refractivity contribution >= 4 is 5.91 Å². The number of rotatable bonds is 5. The highest BCUT2D eigenvalue weighted by Gasteiger charge is 2.10. The molecule has 0 aromatic rings. The maximum absolute atomic E-state index is 11.2. The Morgan fingerprint density at radius 2 is 2.08 bits per heavy atom. The van der Waals surface area contributed by atoms with Crippen molar-refractivity contribution < 1.29 is 4.79 Å². The van der Waals surface area contributed by atoms with E-state index in [2.05, 4.69) is 19.2 Å². The van der Waals surface area contributed by atoms with Crippen molar-refractivity contribution in [1.29, 1.82) is 0 Å². The molecule has 0 aromatic carbocycles. The van der Waals surface area contributed by atoms with E-state index in [0.29, 0.717) is 12.5 Å². The molecule has 3 heteroatoms. The van der Waals surface area contributed by atoms with Crippen molar-refractivity contribution in [3.8, 4) is 0 Å². The van der Waals surface area contributed by atoms with Gasteiger partial charge in [0.05, 0.1) is 0 Å². The number of carbonyl (C=O) groups is 1. The first kappa shape index (κ1) is 11.4. The van der Waals surface area contributed by atoms with E-state index in [4.69, 9.17) is 5.73 Å². The summed E-state index contributed by atoms with van der Waals surface area (Å²) in [4.78, 5) is 11.2. The van der Waals surface area contributed by atoms with Crippen LogP contribution in [0.4, 0.5) is 0 Å². The van der Waals surface area contributed by atoms with Crippen LogP contribution in [0, 0.1) is 11.8 Å². The lowest BCUT2D eigenvalue weighted by molar-refractivity contribution is -0.124. The predicted molar refractivity (Wildman–Crippen MR) is 50.7 cm³/mol. The van der Waals surface area contributed by atoms with Gasteiger partial charge in [0, 0.05) is 19.0 Å². The molecule has 2 atom stereocenters. The molecule has 0 aliphatic carbocycles. The van der Waals surface area contributed by atoms with Gasteiger partial charge in [-0.15, -0.1) is 0 Å². The minimum Gasteiger partial charge on any atom is -0.356 e. The molecule has 0 radical (unpaired) electrons. The molecule has 0 aliphatic rings. The quantitative estimate of drug-likeness (QED) is 0.642. The second-order valence-electron chi connectivity index (χ2n) is 3.40. The number of hydrogen-bond donors (Lipinski definition) is 2. The molecule has 0 fully saturated rings. The summed E-state index contributed by atoms with van der Waals surface area (Å²) in [7, 11) is 0. The molecule has 3 N–H and O–H groups in total. The lowest BCUT2D eigenvalue weighted by atomic mass is 10.1. The summed E-state index contributed by atoms with van der Waals surface area (Å²) < 4.78 is 0. The fourth-order valence-corrected chi connectivity index (χ4v) is 0.700. The van der Waals surface area contributed by atoms with E-state index in [1.165, 1.54) is 0 Å². The van der Waals surface area contributed by atoms with Crippen molar-refractivity contribution in [2.45, 2.75) is 27.2 Å². The summed E-state index contributed by atoms with van der Waals surface area (Å²) in [6, 6.07) is 0. The van der Waals surface area contributed by atoms with Gasteiger partial charge >= 0.3 is 0 Å². The van der Waals surface area contributed by atoms with Gasteiger partial charge < -0.3 is 11.1 Å². The smallest absolute Gasteiger partial charge is 0.224 e. The van der Waals surface area contributed by atoms with Crippen LogP contribution in [-0.2, 0) is 4.79 Å². The molecule has 0 heterocycles. The third-order valence-electron chi connectivity index (χ3n) is 2.12. The molecular formula is C9H20N2O. The molecular weight excluding hydrogens is 152 g/mol. The van der Waals surface area contributed by atoms with Gasteiger partial charge in [0.2, 0.25) is 5.91 Å². The van der Waals surface area contributed by atoms with E-state index in [1.807, 2.05) is 6.92 Å². The molecule has 0 aromatic heterocycles. The molecule has 0 rings (SSSR count). The molecule has 3 nitrogen and oxygen atoms in total. The van der Waals surface area contributed by atoms with Gasteiger partial charge in [0.25, 0.3) is 0 Å². The van der Waals surface area contributed by atoms with Crippen LogP contribution in [0.3, 0.4) is 0 Å². The lowest BCUT2D eigenvalue weighted by Gasteiger charge is -2.12. The zero-order chi connectivity index (χ0) is 9.56. The summed E-state index contributed by atoms with van der Waals surface area (Å²) >= 11 is 0. The van der Waals surface area contributed by atoms with Gasteiger partial charge in [0.15, 0.2) is 0 Å². The van der Waals surface area contributed by atoms with Gasteiger partial charge in [-0.05, 0) is 5.92 Å². The maximum atomic E-state index is 11.2. The van der Waals surface area contributed by atoms with Crippen molar-refractivity contribution in [1.82, 2.24) is 5.32 Å². The average Bonchev–Trinajstić information content (AvgIpc) is 2.11. The lowest BCUT2D eigenvalue weighted by Crippen LogP contribution is -2.35. The van der Waals surface area contributed by atoms with Gasteiger partial charge in [-0.2, -0.15) is 0 Å². The molecule has 0 spiro atoms. The highest BCUT2D eigenvalue weighted by Crippen LogP contribution is 1.98. The molecule has 72 valence electrons. The predicted octanol–water partition coefficient (Wildman–Crippen LogP) is 0.744. The van der Waals surface area contributed by atoms with Crippen LogP contribution in [0.25, 0.3) is 0 Å². The molecule has 0 saturated heterocycles. The van der Waals surface area contributed by atoms with Crippen LogP contribution in [-0.4, -0.2) is 19.0 Å². The standard InChI is InChI=1S/C9H20N2O/c1-4-7(2)6-11-9(12)8(3)5-10/h7-8H,4-6,10H2,1-3H3,(H,11,12). The van der Waals surface area contributed by atoms with Crippen LogP contribution in [0.5, 0.6) is 0 Å². The van der Waals surface area contributed by atoms with Crippen LogP contribution in [0.2, 0.25) is 0 Å². The van der Waals surface area contributed by atoms with Crippen molar-refractivity contribution in [3.63, 3.8) is 0 Å². The number of nitrogens with one attached hydrogen (secondary N) is 1. The van der Waals surface area contributed by atoms with E-state index in [-0.39, 0.29) is 11.8 Å². The first-order valence-corrected chi connectivity index (χ1v) is 4.59. The highest BCUT2D eigenvalue weighted by molar-refractivity contribution is 5.78. The number of carbonyl (C=O) groups excluding carboxylic acids is 1. The van der Waals surface area contributed by atoms with E-state index in [1.54, 1.807) is 0 Å². The Balaban J connectivity index is 3.56. The van der Waals surface area contributed by atoms with Crippen LogP contribution < -0.4 is 11.1 Å². The van der Waals surface area contributed by atoms with E-state index >= 15 is 0 Å². The Hall–Kier alpha value is -0.570. The second-order valence-corrected chi connectivity index (χ2v) is 3.40. The van der Waals surface area contributed by atoms with Crippen molar-refractivity contribution in [2.24, 2.45) is 17.6 Å². The summed E-state index contributed by atoms with van der Waals surface area (Å²) in [6.07, 6.45) is 1.09. The van der Waals surface area contributed by atoms with Crippen LogP contribution in [0.1, 0.15) is 27.2 Å². The van der Waals surface area contributed by atoms with Gasteiger partial charge in [0.1, 0.15) is 0 Å². The number of nitrogens with two attached hydrogens (primary N) is 1. The second kappa shape index (κ2) is 6.00. The monoisotopic (exact) mass is 172 g/mol. The van der Waals surface area contributed by atoms with Crippen LogP contribution >= 0.6 is 0 Å². The fraction of sp³-hybridized carbons (Fsp3) is 0.889. The SMILES string of the molecule is CCC(C)CNC(=O)C(C)CN. The van der Waals surface area contributed by atoms with Gasteiger partial charge in [-0.1, -0.05) is 27.2 Å². The maximum Gasteiger partial charge on any atom is 0.224 e. The van der Waals surface area contributed by atoms with Gasteiger partial charge in [-0.3, -0.25) is 4.79 Å². The first-order chi connectivity index (χ1) is 5.61. The highest BCUT2D eigenvalue weighted by atomic mass is 16.1. The summed E-state index contributed by atoms with van der Waals surface area (Å²) in [6.45, 7) is 7.26. The summed E-state index contributed by atoms with van der Waals surface area (Å²) in [5.74, 6) is 0.561. The topological polar surface area (TPSA) is 55.1 Å². The summed E-state index contributed by atoms with van der Waals surface area (Å²) in [5, 5.41) is 2.87. The first-order valence-electron chi connectivity index (χ1n) is 4.59. The third-order valence-corrected chi connectivity index (χ3v) is 2.12. The molecule has 0 aliphatic heterocycles. The van der Waals surface area contributed by atoms with E-state index in [9.17, 15) is 4.79 Å². The Morgan fingerprint density at radius 3 is 2.50 bits per heavy atom. The third kappa shape index (κ3) is 4.34. The molecule has 1 amide bonds. The van der Waals surface area contributed by atoms with Gasteiger partial charge in [-0.25, -0.2) is 0 Å². The normalized spacial score (nSPS) is 15.3. The largest absolute Gasteiger partial charge is 0.356 e.